The zero-order chi connectivity index (χ0) is 11.9. The van der Waals surface area contributed by atoms with E-state index in [-0.39, 0.29) is 6.04 Å². The fraction of sp³-hybridized carbons (Fsp3) is 0.600. The fourth-order valence-corrected chi connectivity index (χ4v) is 2.64. The van der Waals surface area contributed by atoms with Crippen LogP contribution in [0.1, 0.15) is 38.5 Å². The standard InChI is InChI=1S/C15H23NO/c16-14(11-13-7-3-1-4-8-13)12-17-15-9-5-2-6-10-15/h2,5-6,9-10,13-14H,1,3-4,7-8,11-12,16H2. The average molecular weight is 233 g/mol. The summed E-state index contributed by atoms with van der Waals surface area (Å²) in [7, 11) is 0. The summed E-state index contributed by atoms with van der Waals surface area (Å²) < 4.78 is 5.68. The van der Waals surface area contributed by atoms with Crippen molar-refractivity contribution in [2.24, 2.45) is 11.7 Å². The summed E-state index contributed by atoms with van der Waals surface area (Å²) in [6.07, 6.45) is 8.02. The van der Waals surface area contributed by atoms with Gasteiger partial charge in [-0.25, -0.2) is 0 Å². The van der Waals surface area contributed by atoms with E-state index in [9.17, 15) is 0 Å². The molecule has 0 aromatic heterocycles. The van der Waals surface area contributed by atoms with Crippen molar-refractivity contribution in [2.75, 3.05) is 6.61 Å². The SMILES string of the molecule is NC(COc1ccccc1)CC1CCCCC1. The van der Waals surface area contributed by atoms with E-state index in [0.29, 0.717) is 6.61 Å². The van der Waals surface area contributed by atoms with Gasteiger partial charge < -0.3 is 10.5 Å². The van der Waals surface area contributed by atoms with Crippen molar-refractivity contribution < 1.29 is 4.74 Å². The molecule has 1 unspecified atom stereocenters. The van der Waals surface area contributed by atoms with Gasteiger partial charge in [0.2, 0.25) is 0 Å². The van der Waals surface area contributed by atoms with Crippen molar-refractivity contribution in [2.45, 2.75) is 44.6 Å². The van der Waals surface area contributed by atoms with Crippen molar-refractivity contribution in [1.82, 2.24) is 0 Å². The van der Waals surface area contributed by atoms with E-state index in [1.165, 1.54) is 32.1 Å². The van der Waals surface area contributed by atoms with Crippen LogP contribution >= 0.6 is 0 Å². The highest BCUT2D eigenvalue weighted by Gasteiger charge is 2.16. The van der Waals surface area contributed by atoms with Gasteiger partial charge in [0.15, 0.2) is 0 Å². The number of ether oxygens (including phenoxy) is 1. The number of nitrogens with two attached hydrogens (primary N) is 1. The Kier molecular flexibility index (Phi) is 4.87. The fourth-order valence-electron chi connectivity index (χ4n) is 2.64. The summed E-state index contributed by atoms with van der Waals surface area (Å²) in [4.78, 5) is 0. The van der Waals surface area contributed by atoms with Crippen LogP contribution in [-0.4, -0.2) is 12.6 Å². The van der Waals surface area contributed by atoms with Crippen molar-refractivity contribution in [3.8, 4) is 5.75 Å². The minimum Gasteiger partial charge on any atom is -0.492 e. The van der Waals surface area contributed by atoms with E-state index < -0.39 is 0 Å². The van der Waals surface area contributed by atoms with Crippen molar-refractivity contribution in [1.29, 1.82) is 0 Å². The lowest BCUT2D eigenvalue weighted by atomic mass is 9.85. The largest absolute Gasteiger partial charge is 0.492 e. The first-order valence-corrected chi connectivity index (χ1v) is 6.78. The molecule has 0 radical (unpaired) electrons. The molecule has 1 saturated carbocycles. The molecule has 1 fully saturated rings. The third kappa shape index (κ3) is 4.39. The normalized spacial score (nSPS) is 18.9. The molecular formula is C15H23NO. The number of rotatable bonds is 5. The Hall–Kier alpha value is -1.02. The molecule has 1 aromatic carbocycles. The van der Waals surface area contributed by atoms with Crippen LogP contribution in [-0.2, 0) is 0 Å². The number of benzene rings is 1. The number of hydrogen-bond acceptors (Lipinski definition) is 2. The molecule has 94 valence electrons. The monoisotopic (exact) mass is 233 g/mol. The second kappa shape index (κ2) is 6.65. The Bertz CT molecular complexity index is 306. The maximum atomic E-state index is 6.13. The second-order valence-corrected chi connectivity index (χ2v) is 5.12. The van der Waals surface area contributed by atoms with Crippen LogP contribution < -0.4 is 10.5 Å². The van der Waals surface area contributed by atoms with Crippen LogP contribution in [0, 0.1) is 5.92 Å². The van der Waals surface area contributed by atoms with Gasteiger partial charge in [0.25, 0.3) is 0 Å². The third-order valence-electron chi connectivity index (χ3n) is 3.57. The summed E-state index contributed by atoms with van der Waals surface area (Å²) in [5, 5.41) is 0. The topological polar surface area (TPSA) is 35.2 Å². The molecule has 2 nitrogen and oxygen atoms in total. The lowest BCUT2D eigenvalue weighted by Crippen LogP contribution is -2.31. The maximum absolute atomic E-state index is 6.13. The van der Waals surface area contributed by atoms with Crippen LogP contribution in [0.25, 0.3) is 0 Å². The van der Waals surface area contributed by atoms with Crippen molar-refractivity contribution in [3.63, 3.8) is 0 Å². The minimum absolute atomic E-state index is 0.179. The van der Waals surface area contributed by atoms with E-state index >= 15 is 0 Å². The Labute approximate surface area is 104 Å². The maximum Gasteiger partial charge on any atom is 0.119 e. The first-order chi connectivity index (χ1) is 8.34. The molecular weight excluding hydrogens is 210 g/mol. The molecule has 1 aliphatic carbocycles. The molecule has 0 saturated heterocycles. The van der Waals surface area contributed by atoms with Gasteiger partial charge in [0.05, 0.1) is 0 Å². The van der Waals surface area contributed by atoms with Gasteiger partial charge in [0, 0.05) is 6.04 Å². The molecule has 1 atom stereocenters. The zero-order valence-corrected chi connectivity index (χ0v) is 10.5. The van der Waals surface area contributed by atoms with Crippen LogP contribution in [0.3, 0.4) is 0 Å². The van der Waals surface area contributed by atoms with E-state index in [2.05, 4.69) is 0 Å². The minimum atomic E-state index is 0.179. The smallest absolute Gasteiger partial charge is 0.119 e. The van der Waals surface area contributed by atoms with Crippen LogP contribution in [0.2, 0.25) is 0 Å². The summed E-state index contributed by atoms with van der Waals surface area (Å²) in [6.45, 7) is 0.639. The van der Waals surface area contributed by atoms with Crippen molar-refractivity contribution >= 4 is 0 Å². The molecule has 0 bridgehead atoms. The molecule has 2 rings (SSSR count). The molecule has 0 aliphatic heterocycles. The third-order valence-corrected chi connectivity index (χ3v) is 3.57. The van der Waals surface area contributed by atoms with Gasteiger partial charge in [-0.2, -0.15) is 0 Å². The Morgan fingerprint density at radius 3 is 2.53 bits per heavy atom. The summed E-state index contributed by atoms with van der Waals surface area (Å²) in [5.74, 6) is 1.75. The zero-order valence-electron chi connectivity index (χ0n) is 10.5. The Morgan fingerprint density at radius 1 is 1.12 bits per heavy atom. The highest BCUT2D eigenvalue weighted by molar-refractivity contribution is 5.20. The number of para-hydroxylation sites is 1. The molecule has 1 aromatic rings. The Balaban J connectivity index is 1.68. The molecule has 0 heterocycles. The molecule has 2 N–H and O–H groups in total. The molecule has 0 amide bonds. The molecule has 17 heavy (non-hydrogen) atoms. The molecule has 0 spiro atoms. The number of hydrogen-bond donors (Lipinski definition) is 1. The Morgan fingerprint density at radius 2 is 1.82 bits per heavy atom. The van der Waals surface area contributed by atoms with Gasteiger partial charge in [-0.1, -0.05) is 50.3 Å². The van der Waals surface area contributed by atoms with Gasteiger partial charge >= 0.3 is 0 Å². The first-order valence-electron chi connectivity index (χ1n) is 6.78. The van der Waals surface area contributed by atoms with Gasteiger partial charge in [0.1, 0.15) is 12.4 Å². The summed E-state index contributed by atoms with van der Waals surface area (Å²) in [6, 6.07) is 10.1. The second-order valence-electron chi connectivity index (χ2n) is 5.12. The van der Waals surface area contributed by atoms with Crippen LogP contribution in [0.5, 0.6) is 5.75 Å². The van der Waals surface area contributed by atoms with Crippen LogP contribution in [0.4, 0.5) is 0 Å². The van der Waals surface area contributed by atoms with Crippen LogP contribution in [0.15, 0.2) is 30.3 Å². The summed E-state index contributed by atoms with van der Waals surface area (Å²) in [5.41, 5.74) is 6.13. The predicted octanol–water partition coefficient (Wildman–Crippen LogP) is 3.36. The first kappa shape index (κ1) is 12.4. The van der Waals surface area contributed by atoms with E-state index in [0.717, 1.165) is 18.1 Å². The average Bonchev–Trinajstić information content (AvgIpc) is 2.39. The predicted molar refractivity (Wildman–Crippen MR) is 71.1 cm³/mol. The summed E-state index contributed by atoms with van der Waals surface area (Å²) >= 11 is 0. The lowest BCUT2D eigenvalue weighted by molar-refractivity contribution is 0.243. The van der Waals surface area contributed by atoms with E-state index in [4.69, 9.17) is 10.5 Å². The molecule has 1 aliphatic rings. The quantitative estimate of drug-likeness (QED) is 0.846. The van der Waals surface area contributed by atoms with Gasteiger partial charge in [-0.05, 0) is 24.5 Å². The highest BCUT2D eigenvalue weighted by Crippen LogP contribution is 2.27. The van der Waals surface area contributed by atoms with E-state index in [1.807, 2.05) is 30.3 Å². The highest BCUT2D eigenvalue weighted by atomic mass is 16.5. The lowest BCUT2D eigenvalue weighted by Gasteiger charge is -2.24. The van der Waals surface area contributed by atoms with Crippen molar-refractivity contribution in [3.05, 3.63) is 30.3 Å². The molecule has 2 heteroatoms. The van der Waals surface area contributed by atoms with E-state index in [1.54, 1.807) is 0 Å². The van der Waals surface area contributed by atoms with Gasteiger partial charge in [-0.3, -0.25) is 0 Å². The van der Waals surface area contributed by atoms with Gasteiger partial charge in [-0.15, -0.1) is 0 Å².